The van der Waals surface area contributed by atoms with Crippen molar-refractivity contribution in [1.82, 2.24) is 0 Å². The van der Waals surface area contributed by atoms with Crippen molar-refractivity contribution < 1.29 is 0 Å². The maximum Gasteiger partial charge on any atom is 0.0378 e. The lowest BCUT2D eigenvalue weighted by molar-refractivity contribution is 0.792. The quantitative estimate of drug-likeness (QED) is 0.705. The predicted molar refractivity (Wildman–Crippen MR) is 58.9 cm³/mol. The third-order valence-electron chi connectivity index (χ3n) is 2.59. The van der Waals surface area contributed by atoms with Crippen molar-refractivity contribution in [2.75, 3.05) is 5.73 Å². The molecule has 13 heavy (non-hydrogen) atoms. The monoisotopic (exact) mass is 177 g/mol. The first-order valence-corrected chi connectivity index (χ1v) is 5.01. The topological polar surface area (TPSA) is 26.0 Å². The van der Waals surface area contributed by atoms with Crippen LogP contribution in [0.1, 0.15) is 36.5 Å². The summed E-state index contributed by atoms with van der Waals surface area (Å²) in [5.74, 6) is 0. The van der Waals surface area contributed by atoms with Gasteiger partial charge < -0.3 is 5.73 Å². The van der Waals surface area contributed by atoms with E-state index in [1.807, 2.05) is 0 Å². The Morgan fingerprint density at radius 3 is 2.38 bits per heavy atom. The fourth-order valence-corrected chi connectivity index (χ4v) is 1.58. The summed E-state index contributed by atoms with van der Waals surface area (Å²) in [4.78, 5) is 0. The highest BCUT2D eigenvalue weighted by Gasteiger charge is 2.04. The first-order chi connectivity index (χ1) is 6.16. The van der Waals surface area contributed by atoms with E-state index in [4.69, 9.17) is 5.73 Å². The molecule has 1 nitrogen and oxygen atoms in total. The van der Waals surface area contributed by atoms with Crippen molar-refractivity contribution in [1.29, 1.82) is 0 Å². The van der Waals surface area contributed by atoms with Crippen molar-refractivity contribution in [3.63, 3.8) is 0 Å². The summed E-state index contributed by atoms with van der Waals surface area (Å²) in [6.45, 7) is 6.42. The van der Waals surface area contributed by atoms with Crippen molar-refractivity contribution in [3.05, 3.63) is 28.8 Å². The SMILES string of the molecule is CCCCc1c(C)ccc(C)c1N. The van der Waals surface area contributed by atoms with E-state index >= 15 is 0 Å². The highest BCUT2D eigenvalue weighted by atomic mass is 14.6. The second-order valence-electron chi connectivity index (χ2n) is 3.70. The maximum absolute atomic E-state index is 6.02. The molecule has 1 heteroatoms. The zero-order valence-electron chi connectivity index (χ0n) is 8.85. The minimum absolute atomic E-state index is 0.994. The van der Waals surface area contributed by atoms with Gasteiger partial charge in [-0.15, -0.1) is 0 Å². The molecule has 0 aliphatic carbocycles. The molecule has 0 fully saturated rings. The molecular weight excluding hydrogens is 158 g/mol. The Morgan fingerprint density at radius 1 is 1.15 bits per heavy atom. The van der Waals surface area contributed by atoms with Gasteiger partial charge in [0.25, 0.3) is 0 Å². The van der Waals surface area contributed by atoms with E-state index in [1.165, 1.54) is 29.5 Å². The van der Waals surface area contributed by atoms with Crippen LogP contribution in [0.5, 0.6) is 0 Å². The maximum atomic E-state index is 6.02. The predicted octanol–water partition coefficient (Wildman–Crippen LogP) is 3.23. The number of nitrogen functional groups attached to an aromatic ring is 1. The highest BCUT2D eigenvalue weighted by molar-refractivity contribution is 5.56. The number of hydrogen-bond acceptors (Lipinski definition) is 1. The third-order valence-corrected chi connectivity index (χ3v) is 2.59. The largest absolute Gasteiger partial charge is 0.398 e. The molecule has 0 saturated carbocycles. The van der Waals surface area contributed by atoms with Gasteiger partial charge in [-0.05, 0) is 43.4 Å². The van der Waals surface area contributed by atoms with Crippen LogP contribution >= 0.6 is 0 Å². The van der Waals surface area contributed by atoms with Gasteiger partial charge >= 0.3 is 0 Å². The minimum Gasteiger partial charge on any atom is -0.398 e. The second kappa shape index (κ2) is 4.31. The van der Waals surface area contributed by atoms with Crippen molar-refractivity contribution in [2.24, 2.45) is 0 Å². The fraction of sp³-hybridized carbons (Fsp3) is 0.500. The number of hydrogen-bond donors (Lipinski definition) is 1. The van der Waals surface area contributed by atoms with Crippen LogP contribution in [0.2, 0.25) is 0 Å². The summed E-state index contributed by atoms with van der Waals surface area (Å²) in [7, 11) is 0. The first-order valence-electron chi connectivity index (χ1n) is 5.01. The van der Waals surface area contributed by atoms with Crippen molar-refractivity contribution in [2.45, 2.75) is 40.0 Å². The first kappa shape index (κ1) is 10.1. The molecule has 72 valence electrons. The Hall–Kier alpha value is -0.980. The van der Waals surface area contributed by atoms with E-state index in [0.717, 1.165) is 12.1 Å². The number of anilines is 1. The number of rotatable bonds is 3. The van der Waals surface area contributed by atoms with Crippen molar-refractivity contribution in [3.8, 4) is 0 Å². The molecule has 0 unspecified atom stereocenters. The molecule has 0 spiro atoms. The minimum atomic E-state index is 0.994. The molecule has 0 saturated heterocycles. The zero-order chi connectivity index (χ0) is 9.84. The molecular formula is C12H19N. The van der Waals surface area contributed by atoms with Crippen LogP contribution in [0.4, 0.5) is 5.69 Å². The molecule has 0 radical (unpaired) electrons. The highest BCUT2D eigenvalue weighted by Crippen LogP contribution is 2.22. The smallest absolute Gasteiger partial charge is 0.0378 e. The molecule has 0 bridgehead atoms. The Labute approximate surface area is 81.0 Å². The summed E-state index contributed by atoms with van der Waals surface area (Å²) in [6, 6.07) is 4.26. The number of unbranched alkanes of at least 4 members (excludes halogenated alkanes) is 1. The third kappa shape index (κ3) is 2.24. The number of aryl methyl sites for hydroxylation is 2. The normalized spacial score (nSPS) is 10.4. The second-order valence-corrected chi connectivity index (χ2v) is 3.70. The van der Waals surface area contributed by atoms with Gasteiger partial charge in [0.1, 0.15) is 0 Å². The molecule has 1 aromatic rings. The lowest BCUT2D eigenvalue weighted by atomic mass is 9.98. The van der Waals surface area contributed by atoms with Crippen LogP contribution in [0.3, 0.4) is 0 Å². The molecule has 1 aromatic carbocycles. The Balaban J connectivity index is 2.96. The van der Waals surface area contributed by atoms with E-state index in [-0.39, 0.29) is 0 Å². The summed E-state index contributed by atoms with van der Waals surface area (Å²) in [5.41, 5.74) is 10.9. The van der Waals surface area contributed by atoms with Crippen LogP contribution in [-0.2, 0) is 6.42 Å². The van der Waals surface area contributed by atoms with Crippen LogP contribution in [0.15, 0.2) is 12.1 Å². The lowest BCUT2D eigenvalue weighted by Gasteiger charge is -2.11. The summed E-state index contributed by atoms with van der Waals surface area (Å²) >= 11 is 0. The van der Waals surface area contributed by atoms with Crippen LogP contribution in [-0.4, -0.2) is 0 Å². The summed E-state index contributed by atoms with van der Waals surface area (Å²) < 4.78 is 0. The zero-order valence-corrected chi connectivity index (χ0v) is 8.85. The van der Waals surface area contributed by atoms with Gasteiger partial charge in [0.05, 0.1) is 0 Å². The van der Waals surface area contributed by atoms with E-state index in [1.54, 1.807) is 0 Å². The van der Waals surface area contributed by atoms with E-state index in [0.29, 0.717) is 0 Å². The van der Waals surface area contributed by atoms with Gasteiger partial charge in [-0.1, -0.05) is 25.5 Å². The van der Waals surface area contributed by atoms with Crippen LogP contribution in [0.25, 0.3) is 0 Å². The molecule has 0 amide bonds. The standard InChI is InChI=1S/C12H19N/c1-4-5-6-11-9(2)7-8-10(3)12(11)13/h7-8H,4-6,13H2,1-3H3. The average Bonchev–Trinajstić information content (AvgIpc) is 2.12. The Morgan fingerprint density at radius 2 is 1.77 bits per heavy atom. The van der Waals surface area contributed by atoms with Crippen molar-refractivity contribution >= 4 is 5.69 Å². The van der Waals surface area contributed by atoms with Crippen LogP contribution in [0, 0.1) is 13.8 Å². The molecule has 0 aliphatic rings. The van der Waals surface area contributed by atoms with Gasteiger partial charge in [-0.3, -0.25) is 0 Å². The summed E-state index contributed by atoms with van der Waals surface area (Å²) in [5, 5.41) is 0. The number of nitrogens with two attached hydrogens (primary N) is 1. The van der Waals surface area contributed by atoms with Gasteiger partial charge in [-0.2, -0.15) is 0 Å². The average molecular weight is 177 g/mol. The van der Waals surface area contributed by atoms with Crippen LogP contribution < -0.4 is 5.73 Å². The van der Waals surface area contributed by atoms with Gasteiger partial charge in [0.15, 0.2) is 0 Å². The summed E-state index contributed by atoms with van der Waals surface area (Å²) in [6.07, 6.45) is 3.58. The van der Waals surface area contributed by atoms with E-state index in [9.17, 15) is 0 Å². The molecule has 2 N–H and O–H groups in total. The fourth-order valence-electron chi connectivity index (χ4n) is 1.58. The van der Waals surface area contributed by atoms with Gasteiger partial charge in [0.2, 0.25) is 0 Å². The Kier molecular flexibility index (Phi) is 3.35. The van der Waals surface area contributed by atoms with Gasteiger partial charge in [0, 0.05) is 5.69 Å². The molecule has 0 aromatic heterocycles. The molecule has 1 rings (SSSR count). The Bertz CT molecular complexity index is 289. The molecule has 0 heterocycles. The number of benzene rings is 1. The van der Waals surface area contributed by atoms with Gasteiger partial charge in [-0.25, -0.2) is 0 Å². The van der Waals surface area contributed by atoms with E-state index < -0.39 is 0 Å². The van der Waals surface area contributed by atoms with E-state index in [2.05, 4.69) is 32.9 Å². The molecule has 0 aliphatic heterocycles. The lowest BCUT2D eigenvalue weighted by Crippen LogP contribution is -2.00. The molecule has 0 atom stereocenters.